The Balaban J connectivity index is 2.05. The molecule has 0 fully saturated rings. The number of ether oxygens (including phenoxy) is 1. The normalized spacial score (nSPS) is 18.7. The van der Waals surface area contributed by atoms with Crippen molar-refractivity contribution in [2.24, 2.45) is 5.92 Å². The average molecular weight is 266 g/mol. The van der Waals surface area contributed by atoms with Gasteiger partial charge in [0.15, 0.2) is 10.8 Å². The number of fused-ring (bicyclic) bond motifs is 3. The predicted molar refractivity (Wildman–Crippen MR) is 66.4 cm³/mol. The molecule has 0 saturated carbocycles. The van der Waals surface area contributed by atoms with Crippen LogP contribution in [0.25, 0.3) is 11.0 Å². The number of aryl methyl sites for hydroxylation is 1. The molecule has 2 aromatic rings. The molecule has 0 bridgehead atoms. The number of carbonyl (C=O) groups is 1. The number of halogens is 1. The Hall–Kier alpha value is -1.62. The third-order valence-corrected chi connectivity index (χ3v) is 3.64. The highest BCUT2D eigenvalue weighted by Gasteiger charge is 2.28. The van der Waals surface area contributed by atoms with Gasteiger partial charge in [0, 0.05) is 11.1 Å². The van der Waals surface area contributed by atoms with Gasteiger partial charge < -0.3 is 9.72 Å². The summed E-state index contributed by atoms with van der Waals surface area (Å²) in [5.41, 5.74) is 2.97. The summed E-state index contributed by atoms with van der Waals surface area (Å²) in [5, 5.41) is 9.16. The maximum atomic E-state index is 11.6. The smallest absolute Gasteiger partial charge is 0.309 e. The van der Waals surface area contributed by atoms with Gasteiger partial charge in [-0.3, -0.25) is 4.79 Å². The molecule has 1 unspecified atom stereocenters. The Morgan fingerprint density at radius 3 is 3.17 bits per heavy atom. The largest absolute Gasteiger partial charge is 0.469 e. The maximum absolute atomic E-state index is 11.6. The fraction of sp³-hybridized carbons (Fsp3) is 0.417. The van der Waals surface area contributed by atoms with Crippen molar-refractivity contribution in [3.63, 3.8) is 0 Å². The fourth-order valence-electron chi connectivity index (χ4n) is 2.55. The molecule has 5 nitrogen and oxygen atoms in total. The van der Waals surface area contributed by atoms with Gasteiger partial charge in [0.25, 0.3) is 0 Å². The number of hydrogen-bond donors (Lipinski definition) is 1. The van der Waals surface area contributed by atoms with Crippen molar-refractivity contribution in [1.29, 1.82) is 0 Å². The summed E-state index contributed by atoms with van der Waals surface area (Å²) >= 11 is 5.87. The van der Waals surface area contributed by atoms with Crippen LogP contribution in [-0.2, 0) is 22.4 Å². The second-order valence-corrected chi connectivity index (χ2v) is 4.86. The Bertz CT molecular complexity index is 623. The maximum Gasteiger partial charge on any atom is 0.309 e. The van der Waals surface area contributed by atoms with Crippen LogP contribution in [0.15, 0.2) is 6.07 Å². The van der Waals surface area contributed by atoms with Crippen LogP contribution < -0.4 is 0 Å². The standard InChI is InChI=1S/C12H12ClN3O2/c1-18-12(17)6-2-3-9-7(4-6)8-5-10(13)15-16-11(8)14-9/h5-6H,2-4H2,1H3,(H,14,16). The van der Waals surface area contributed by atoms with Crippen LogP contribution in [0.1, 0.15) is 17.7 Å². The molecule has 94 valence electrons. The summed E-state index contributed by atoms with van der Waals surface area (Å²) in [6.07, 6.45) is 2.29. The molecule has 18 heavy (non-hydrogen) atoms. The first kappa shape index (κ1) is 11.5. The highest BCUT2D eigenvalue weighted by atomic mass is 35.5. The first-order chi connectivity index (χ1) is 8.69. The Morgan fingerprint density at radius 2 is 2.39 bits per heavy atom. The third kappa shape index (κ3) is 1.75. The summed E-state index contributed by atoms with van der Waals surface area (Å²) in [5.74, 6) is -0.225. The van der Waals surface area contributed by atoms with Gasteiger partial charge in [0.05, 0.1) is 13.0 Å². The summed E-state index contributed by atoms with van der Waals surface area (Å²) in [6.45, 7) is 0. The zero-order valence-corrected chi connectivity index (χ0v) is 10.6. The molecule has 1 aliphatic carbocycles. The first-order valence-corrected chi connectivity index (χ1v) is 6.17. The predicted octanol–water partition coefficient (Wildman–Crippen LogP) is 1.89. The van der Waals surface area contributed by atoms with Crippen LogP contribution in [0.5, 0.6) is 0 Å². The van der Waals surface area contributed by atoms with Crippen molar-refractivity contribution in [2.45, 2.75) is 19.3 Å². The molecule has 6 heteroatoms. The van der Waals surface area contributed by atoms with E-state index in [1.807, 2.05) is 0 Å². The SMILES string of the molecule is COC(=O)C1CCc2[nH]c3nnc(Cl)cc3c2C1. The zero-order chi connectivity index (χ0) is 12.7. The Labute approximate surface area is 108 Å². The molecular weight excluding hydrogens is 254 g/mol. The van der Waals surface area contributed by atoms with Crippen LogP contribution in [0, 0.1) is 5.92 Å². The van der Waals surface area contributed by atoms with Crippen molar-refractivity contribution in [1.82, 2.24) is 15.2 Å². The Morgan fingerprint density at radius 1 is 1.56 bits per heavy atom. The molecule has 0 aromatic carbocycles. The molecule has 0 saturated heterocycles. The number of hydrogen-bond acceptors (Lipinski definition) is 4. The van der Waals surface area contributed by atoms with E-state index in [4.69, 9.17) is 16.3 Å². The molecule has 0 aliphatic heterocycles. The minimum atomic E-state index is -0.150. The summed E-state index contributed by atoms with van der Waals surface area (Å²) in [4.78, 5) is 14.9. The van der Waals surface area contributed by atoms with E-state index >= 15 is 0 Å². The highest BCUT2D eigenvalue weighted by molar-refractivity contribution is 6.29. The van der Waals surface area contributed by atoms with Crippen LogP contribution >= 0.6 is 11.6 Å². The molecule has 1 N–H and O–H groups in total. The summed E-state index contributed by atoms with van der Waals surface area (Å²) in [7, 11) is 1.43. The highest BCUT2D eigenvalue weighted by Crippen LogP contribution is 2.32. The monoisotopic (exact) mass is 265 g/mol. The fourth-order valence-corrected chi connectivity index (χ4v) is 2.70. The van der Waals surface area contributed by atoms with E-state index in [1.54, 1.807) is 6.07 Å². The molecule has 1 atom stereocenters. The van der Waals surface area contributed by atoms with Crippen LogP contribution in [-0.4, -0.2) is 28.3 Å². The van der Waals surface area contributed by atoms with Gasteiger partial charge in [-0.05, 0) is 30.9 Å². The van der Waals surface area contributed by atoms with E-state index in [-0.39, 0.29) is 11.9 Å². The van der Waals surface area contributed by atoms with Crippen molar-refractivity contribution >= 4 is 28.6 Å². The van der Waals surface area contributed by atoms with Crippen molar-refractivity contribution < 1.29 is 9.53 Å². The molecule has 0 spiro atoms. The molecule has 2 aromatic heterocycles. The van der Waals surface area contributed by atoms with E-state index in [0.29, 0.717) is 11.6 Å². The number of aromatic amines is 1. The number of carbonyl (C=O) groups excluding carboxylic acids is 1. The van der Waals surface area contributed by atoms with Crippen LogP contribution in [0.2, 0.25) is 5.15 Å². The Kier molecular flexibility index (Phi) is 2.70. The van der Waals surface area contributed by atoms with Gasteiger partial charge in [0.2, 0.25) is 0 Å². The van der Waals surface area contributed by atoms with Gasteiger partial charge in [-0.2, -0.15) is 0 Å². The minimum Gasteiger partial charge on any atom is -0.469 e. The third-order valence-electron chi connectivity index (χ3n) is 3.45. The molecule has 0 amide bonds. The van der Waals surface area contributed by atoms with Crippen molar-refractivity contribution in [3.05, 3.63) is 22.5 Å². The number of nitrogens with zero attached hydrogens (tertiary/aromatic N) is 2. The van der Waals surface area contributed by atoms with Gasteiger partial charge in [-0.1, -0.05) is 11.6 Å². The number of methoxy groups -OCH3 is 1. The molecule has 1 aliphatic rings. The number of H-pyrrole nitrogens is 1. The number of rotatable bonds is 1. The van der Waals surface area contributed by atoms with Gasteiger partial charge in [0.1, 0.15) is 0 Å². The van der Waals surface area contributed by atoms with E-state index < -0.39 is 0 Å². The average Bonchev–Trinajstić information content (AvgIpc) is 2.75. The van der Waals surface area contributed by atoms with E-state index in [1.165, 1.54) is 7.11 Å². The number of aromatic nitrogens is 3. The second-order valence-electron chi connectivity index (χ2n) is 4.47. The van der Waals surface area contributed by atoms with E-state index in [0.717, 1.165) is 35.1 Å². The summed E-state index contributed by atoms with van der Waals surface area (Å²) < 4.78 is 4.81. The second kappa shape index (κ2) is 4.24. The molecule has 0 radical (unpaired) electrons. The summed E-state index contributed by atoms with van der Waals surface area (Å²) in [6, 6.07) is 1.79. The lowest BCUT2D eigenvalue weighted by molar-refractivity contribution is -0.145. The quantitative estimate of drug-likeness (QED) is 0.800. The lowest BCUT2D eigenvalue weighted by Crippen LogP contribution is -2.23. The van der Waals surface area contributed by atoms with Crippen LogP contribution in [0.4, 0.5) is 0 Å². The lowest BCUT2D eigenvalue weighted by atomic mass is 9.87. The van der Waals surface area contributed by atoms with E-state index in [9.17, 15) is 4.79 Å². The molecule has 2 heterocycles. The van der Waals surface area contributed by atoms with Crippen molar-refractivity contribution in [3.8, 4) is 0 Å². The molecule has 3 rings (SSSR count). The topological polar surface area (TPSA) is 67.9 Å². The first-order valence-electron chi connectivity index (χ1n) is 5.79. The van der Waals surface area contributed by atoms with Gasteiger partial charge in [-0.15, -0.1) is 10.2 Å². The van der Waals surface area contributed by atoms with Gasteiger partial charge >= 0.3 is 5.97 Å². The lowest BCUT2D eigenvalue weighted by Gasteiger charge is -2.19. The van der Waals surface area contributed by atoms with Crippen molar-refractivity contribution in [2.75, 3.05) is 7.11 Å². The molecular formula is C12H12ClN3O2. The number of nitrogens with one attached hydrogen (secondary N) is 1. The zero-order valence-electron chi connectivity index (χ0n) is 9.86. The van der Waals surface area contributed by atoms with Gasteiger partial charge in [-0.25, -0.2) is 0 Å². The number of esters is 1. The van der Waals surface area contributed by atoms with E-state index in [2.05, 4.69) is 15.2 Å². The minimum absolute atomic E-state index is 0.0755. The van der Waals surface area contributed by atoms with Crippen LogP contribution in [0.3, 0.4) is 0 Å².